The van der Waals surface area contributed by atoms with Crippen LogP contribution in [0.4, 0.5) is 0 Å². The number of rotatable bonds is 15. The average Bonchev–Trinajstić information content (AvgIpc) is 3.55. The van der Waals surface area contributed by atoms with Gasteiger partial charge < -0.3 is 27.2 Å². The van der Waals surface area contributed by atoms with Gasteiger partial charge in [0, 0.05) is 32.5 Å². The summed E-state index contributed by atoms with van der Waals surface area (Å²) in [5, 5.41) is 0. The first-order valence-corrected chi connectivity index (χ1v) is 14.3. The highest BCUT2D eigenvalue weighted by Crippen LogP contribution is 2.13. The second-order valence-corrected chi connectivity index (χ2v) is 10.6. The third-order valence-corrected chi connectivity index (χ3v) is 9.03. The number of hydrogen-bond acceptors (Lipinski definition) is 6. The first-order valence-electron chi connectivity index (χ1n) is 10.9. The third kappa shape index (κ3) is 12.6. The molecule has 29 heavy (non-hydrogen) atoms. The summed E-state index contributed by atoms with van der Waals surface area (Å²) in [6, 6.07) is 11.3. The van der Waals surface area contributed by atoms with E-state index >= 15 is 0 Å². The molecular formula is C21H40O6Si2. The van der Waals surface area contributed by atoms with Crippen LogP contribution in [-0.4, -0.2) is 70.0 Å². The van der Waals surface area contributed by atoms with Gasteiger partial charge in [-0.1, -0.05) is 37.3 Å². The Bertz CT molecular complexity index is 477. The Balaban J connectivity index is 0.000000291. The van der Waals surface area contributed by atoms with Crippen molar-refractivity contribution in [3.05, 3.63) is 35.9 Å². The zero-order valence-electron chi connectivity index (χ0n) is 18.8. The number of hydrogen-bond donors (Lipinski definition) is 0. The van der Waals surface area contributed by atoms with E-state index < -0.39 is 18.6 Å². The summed E-state index contributed by atoms with van der Waals surface area (Å²) in [5.74, 6) is 0. The summed E-state index contributed by atoms with van der Waals surface area (Å²) in [7, 11) is -3.12. The molecular weight excluding hydrogens is 404 g/mol. The van der Waals surface area contributed by atoms with Crippen molar-refractivity contribution in [1.29, 1.82) is 0 Å². The minimum absolute atomic E-state index is 0.147. The molecule has 2 atom stereocenters. The SMILES string of the molecule is CCO[SiH](Cc1ccccc1)OCC.CCO[SiH](OCC)C(CC)OCC1CO1. The fourth-order valence-electron chi connectivity index (χ4n) is 2.72. The van der Waals surface area contributed by atoms with Crippen molar-refractivity contribution >= 4 is 18.6 Å². The van der Waals surface area contributed by atoms with Crippen LogP contribution < -0.4 is 0 Å². The van der Waals surface area contributed by atoms with Crippen molar-refractivity contribution in [3.8, 4) is 0 Å². The van der Waals surface area contributed by atoms with Gasteiger partial charge in [0.15, 0.2) is 0 Å². The quantitative estimate of drug-likeness (QED) is 0.306. The molecule has 1 fully saturated rings. The summed E-state index contributed by atoms with van der Waals surface area (Å²) < 4.78 is 33.4. The maximum Gasteiger partial charge on any atom is 0.351 e. The zero-order chi connectivity index (χ0) is 21.3. The van der Waals surface area contributed by atoms with E-state index in [-0.39, 0.29) is 5.73 Å². The van der Waals surface area contributed by atoms with Crippen LogP contribution >= 0.6 is 0 Å². The van der Waals surface area contributed by atoms with Gasteiger partial charge >= 0.3 is 18.6 Å². The second-order valence-electron chi connectivity index (χ2n) is 6.54. The van der Waals surface area contributed by atoms with Crippen LogP contribution in [0, 0.1) is 0 Å². The molecule has 0 saturated carbocycles. The van der Waals surface area contributed by atoms with Gasteiger partial charge in [-0.25, -0.2) is 0 Å². The molecule has 1 aliphatic rings. The van der Waals surface area contributed by atoms with Crippen LogP contribution in [0.3, 0.4) is 0 Å². The summed E-state index contributed by atoms with van der Waals surface area (Å²) in [4.78, 5) is 0. The Morgan fingerprint density at radius 1 is 0.897 bits per heavy atom. The maximum absolute atomic E-state index is 5.77. The molecule has 0 N–H and O–H groups in total. The first kappa shape index (κ1) is 26.4. The van der Waals surface area contributed by atoms with Gasteiger partial charge in [-0.05, 0) is 39.7 Å². The largest absolute Gasteiger partial charge is 0.397 e. The monoisotopic (exact) mass is 444 g/mol. The van der Waals surface area contributed by atoms with Crippen molar-refractivity contribution in [2.45, 2.75) is 58.9 Å². The number of ether oxygens (including phenoxy) is 2. The Morgan fingerprint density at radius 2 is 1.45 bits per heavy atom. The molecule has 0 bridgehead atoms. The Hall–Kier alpha value is -0.586. The fraction of sp³-hybridized carbons (Fsp3) is 0.714. The Morgan fingerprint density at radius 3 is 1.90 bits per heavy atom. The molecule has 1 heterocycles. The van der Waals surface area contributed by atoms with E-state index in [2.05, 4.69) is 31.2 Å². The number of benzene rings is 1. The average molecular weight is 445 g/mol. The molecule has 1 aliphatic heterocycles. The molecule has 8 heteroatoms. The minimum atomic E-state index is -1.66. The van der Waals surface area contributed by atoms with Crippen molar-refractivity contribution < 1.29 is 27.2 Å². The highest BCUT2D eigenvalue weighted by molar-refractivity contribution is 6.46. The van der Waals surface area contributed by atoms with E-state index in [0.717, 1.165) is 32.3 Å². The van der Waals surface area contributed by atoms with Crippen molar-refractivity contribution in [3.63, 3.8) is 0 Å². The summed E-state index contributed by atoms with van der Waals surface area (Å²) in [6.07, 6.45) is 1.26. The Labute approximate surface area is 180 Å². The molecule has 6 nitrogen and oxygen atoms in total. The smallest absolute Gasteiger partial charge is 0.351 e. The van der Waals surface area contributed by atoms with Crippen molar-refractivity contribution in [1.82, 2.24) is 0 Å². The van der Waals surface area contributed by atoms with Gasteiger partial charge in [-0.3, -0.25) is 0 Å². The van der Waals surface area contributed by atoms with Crippen molar-refractivity contribution in [2.24, 2.45) is 0 Å². The predicted molar refractivity (Wildman–Crippen MR) is 121 cm³/mol. The van der Waals surface area contributed by atoms with Crippen LogP contribution in [0.5, 0.6) is 0 Å². The summed E-state index contributed by atoms with van der Waals surface area (Å²) in [5.41, 5.74) is 1.46. The minimum Gasteiger partial charge on any atom is -0.397 e. The van der Waals surface area contributed by atoms with E-state index in [1.54, 1.807) is 0 Å². The van der Waals surface area contributed by atoms with E-state index in [1.807, 2.05) is 33.8 Å². The van der Waals surface area contributed by atoms with Gasteiger partial charge in [0.1, 0.15) is 6.10 Å². The first-order chi connectivity index (χ1) is 14.2. The highest BCUT2D eigenvalue weighted by atomic mass is 28.3. The van der Waals surface area contributed by atoms with Gasteiger partial charge in [0.2, 0.25) is 0 Å². The third-order valence-electron chi connectivity index (χ3n) is 4.22. The molecule has 0 amide bonds. The normalized spacial score (nSPS) is 16.6. The standard InChI is InChI=1S/C11H18O2Si.C10H22O4Si/c1-3-12-14(13-4-2)10-11-8-6-5-7-9-11;1-4-10(12-8-9-7-11-9)15(13-5-2)14-6-3/h5-9,14H,3-4,10H2,1-2H3;9-10,15H,4-8H2,1-3H3. The van der Waals surface area contributed by atoms with Crippen LogP contribution in [0.1, 0.15) is 46.6 Å². The van der Waals surface area contributed by atoms with E-state index in [9.17, 15) is 0 Å². The molecule has 0 radical (unpaired) electrons. The molecule has 1 saturated heterocycles. The lowest BCUT2D eigenvalue weighted by Crippen LogP contribution is -2.39. The summed E-state index contributed by atoms with van der Waals surface area (Å²) >= 11 is 0. The van der Waals surface area contributed by atoms with E-state index in [0.29, 0.717) is 25.9 Å². The van der Waals surface area contributed by atoms with Crippen LogP contribution in [0.25, 0.3) is 0 Å². The molecule has 168 valence electrons. The topological polar surface area (TPSA) is 58.7 Å². The van der Waals surface area contributed by atoms with Gasteiger partial charge in [-0.15, -0.1) is 0 Å². The maximum atomic E-state index is 5.77. The van der Waals surface area contributed by atoms with Gasteiger partial charge in [-0.2, -0.15) is 0 Å². The second kappa shape index (κ2) is 17.1. The van der Waals surface area contributed by atoms with Crippen LogP contribution in [-0.2, 0) is 33.2 Å². The molecule has 0 aromatic heterocycles. The lowest BCUT2D eigenvalue weighted by Gasteiger charge is -2.23. The fourth-order valence-corrected chi connectivity index (χ4v) is 6.29. The van der Waals surface area contributed by atoms with Crippen LogP contribution in [0.15, 0.2) is 30.3 Å². The van der Waals surface area contributed by atoms with Gasteiger partial charge in [0.05, 0.1) is 18.9 Å². The molecule has 1 aromatic carbocycles. The van der Waals surface area contributed by atoms with Crippen molar-refractivity contribution in [2.75, 3.05) is 39.6 Å². The lowest BCUT2D eigenvalue weighted by atomic mass is 10.2. The predicted octanol–water partition coefficient (Wildman–Crippen LogP) is 3.07. The van der Waals surface area contributed by atoms with E-state index in [4.69, 9.17) is 27.2 Å². The Kier molecular flexibility index (Phi) is 15.6. The van der Waals surface area contributed by atoms with Crippen LogP contribution in [0.2, 0.25) is 0 Å². The highest BCUT2D eigenvalue weighted by Gasteiger charge is 2.29. The summed E-state index contributed by atoms with van der Waals surface area (Å²) in [6.45, 7) is 14.6. The zero-order valence-corrected chi connectivity index (χ0v) is 21.1. The van der Waals surface area contributed by atoms with Gasteiger partial charge in [0.25, 0.3) is 0 Å². The molecule has 2 unspecified atom stereocenters. The van der Waals surface area contributed by atoms with E-state index in [1.165, 1.54) is 5.56 Å². The molecule has 1 aromatic rings. The number of epoxide rings is 1. The molecule has 0 spiro atoms. The molecule has 0 aliphatic carbocycles. The molecule has 2 rings (SSSR count). The lowest BCUT2D eigenvalue weighted by molar-refractivity contribution is 0.0499.